The number of hydrogen-bond donors (Lipinski definition) is 2. The molecule has 2 aromatic rings. The topological polar surface area (TPSA) is 35.5 Å². The van der Waals surface area contributed by atoms with Crippen molar-refractivity contribution in [2.24, 2.45) is 0 Å². The second-order valence-electron chi connectivity index (χ2n) is 6.59. The van der Waals surface area contributed by atoms with Crippen LogP contribution in [0.3, 0.4) is 0 Å². The molecule has 2 aliphatic heterocycles. The molecule has 2 aromatic carbocycles. The Kier molecular flexibility index (Phi) is 3.40. The smallest absolute Gasteiger partial charge is 0.115 e. The molecule has 0 spiro atoms. The minimum absolute atomic E-state index is 0.174. The molecule has 0 aliphatic carbocycles. The Labute approximate surface area is 131 Å². The molecule has 0 amide bonds. The number of likely N-dealkylation sites (tertiary alicyclic amines) is 1. The van der Waals surface area contributed by atoms with Gasteiger partial charge in [-0.05, 0) is 48.8 Å². The summed E-state index contributed by atoms with van der Waals surface area (Å²) in [5.74, 6) is 0.860. The summed E-state index contributed by atoms with van der Waals surface area (Å²) in [4.78, 5) is 2.41. The first-order valence-electron chi connectivity index (χ1n) is 8.05. The lowest BCUT2D eigenvalue weighted by molar-refractivity contribution is 0.190. The van der Waals surface area contributed by atoms with Gasteiger partial charge in [0, 0.05) is 18.5 Å². The fraction of sp³-hybridized carbons (Fsp3) is 0.368. The normalized spacial score (nSPS) is 28.0. The predicted octanol–water partition coefficient (Wildman–Crippen LogP) is 2.87. The molecular formula is C19H22N2O. The second kappa shape index (κ2) is 5.41. The first kappa shape index (κ1) is 13.8. The highest BCUT2D eigenvalue weighted by Gasteiger charge is 2.37. The molecule has 22 heavy (non-hydrogen) atoms. The Hall–Kier alpha value is -1.84. The number of fused-ring (bicyclic) bond motifs is 3. The lowest BCUT2D eigenvalue weighted by Gasteiger charge is -2.44. The lowest BCUT2D eigenvalue weighted by Crippen LogP contribution is -2.51. The van der Waals surface area contributed by atoms with Gasteiger partial charge in [0.25, 0.3) is 0 Å². The first-order valence-corrected chi connectivity index (χ1v) is 8.05. The first-order chi connectivity index (χ1) is 10.7. The van der Waals surface area contributed by atoms with E-state index in [4.69, 9.17) is 0 Å². The zero-order valence-electron chi connectivity index (χ0n) is 12.9. The molecule has 4 rings (SSSR count). The minimum Gasteiger partial charge on any atom is -0.508 e. The van der Waals surface area contributed by atoms with E-state index in [1.807, 2.05) is 18.2 Å². The van der Waals surface area contributed by atoms with Crippen molar-refractivity contribution in [3.05, 3.63) is 65.2 Å². The summed E-state index contributed by atoms with van der Waals surface area (Å²) in [5.41, 5.74) is 3.89. The van der Waals surface area contributed by atoms with Crippen LogP contribution in [0.4, 0.5) is 0 Å². The third-order valence-electron chi connectivity index (χ3n) is 5.11. The van der Waals surface area contributed by atoms with Gasteiger partial charge < -0.3 is 15.3 Å². The largest absolute Gasteiger partial charge is 0.508 e. The van der Waals surface area contributed by atoms with Gasteiger partial charge in [-0.25, -0.2) is 0 Å². The molecule has 0 saturated carbocycles. The number of aromatic hydroxyl groups is 1. The number of phenols is 1. The number of piperidine rings is 1. The van der Waals surface area contributed by atoms with Crippen LogP contribution in [0.15, 0.2) is 48.5 Å². The van der Waals surface area contributed by atoms with Crippen molar-refractivity contribution in [2.45, 2.75) is 24.4 Å². The van der Waals surface area contributed by atoms with Gasteiger partial charge in [0.05, 0.1) is 6.04 Å². The summed E-state index contributed by atoms with van der Waals surface area (Å²) in [6.45, 7) is 2.22. The van der Waals surface area contributed by atoms with Crippen LogP contribution in [-0.4, -0.2) is 36.2 Å². The number of benzene rings is 2. The fourth-order valence-corrected chi connectivity index (χ4v) is 4.00. The zero-order valence-corrected chi connectivity index (χ0v) is 12.9. The molecule has 3 atom stereocenters. The van der Waals surface area contributed by atoms with Gasteiger partial charge in [0.2, 0.25) is 0 Å². The number of nitrogens with zero attached hydrogens (tertiary/aromatic N) is 1. The molecule has 1 fully saturated rings. The summed E-state index contributed by atoms with van der Waals surface area (Å²) in [6.07, 6.45) is 1.17. The van der Waals surface area contributed by atoms with E-state index in [2.05, 4.69) is 47.6 Å². The zero-order chi connectivity index (χ0) is 15.1. The highest BCUT2D eigenvalue weighted by atomic mass is 16.3. The van der Waals surface area contributed by atoms with E-state index in [9.17, 15) is 5.11 Å². The molecule has 3 nitrogen and oxygen atoms in total. The standard InChI is InChI=1S/C19H22N2O/c1-21-10-9-18-17(12-21)15-8-7-14(22)11-16(15)19(20-18)13-5-3-2-4-6-13/h2-8,11,17-20,22H,9-10,12H2,1H3. The molecule has 2 aliphatic rings. The van der Waals surface area contributed by atoms with E-state index in [-0.39, 0.29) is 6.04 Å². The fourth-order valence-electron chi connectivity index (χ4n) is 4.00. The molecule has 2 N–H and O–H groups in total. The summed E-state index contributed by atoms with van der Waals surface area (Å²) >= 11 is 0. The maximum atomic E-state index is 9.96. The molecule has 2 heterocycles. The Bertz CT molecular complexity index is 670. The van der Waals surface area contributed by atoms with Crippen molar-refractivity contribution < 1.29 is 5.11 Å². The molecular weight excluding hydrogens is 272 g/mol. The molecule has 114 valence electrons. The van der Waals surface area contributed by atoms with Gasteiger partial charge in [0.15, 0.2) is 0 Å². The van der Waals surface area contributed by atoms with Gasteiger partial charge in [-0.1, -0.05) is 36.4 Å². The van der Waals surface area contributed by atoms with Crippen molar-refractivity contribution in [1.29, 1.82) is 0 Å². The van der Waals surface area contributed by atoms with Crippen molar-refractivity contribution in [1.82, 2.24) is 10.2 Å². The van der Waals surface area contributed by atoms with Crippen LogP contribution in [-0.2, 0) is 0 Å². The van der Waals surface area contributed by atoms with Gasteiger partial charge >= 0.3 is 0 Å². The minimum atomic E-state index is 0.174. The molecule has 1 saturated heterocycles. The maximum Gasteiger partial charge on any atom is 0.115 e. The lowest BCUT2D eigenvalue weighted by atomic mass is 9.76. The van der Waals surface area contributed by atoms with Crippen LogP contribution in [0.5, 0.6) is 5.75 Å². The summed E-state index contributed by atoms with van der Waals surface area (Å²) in [6, 6.07) is 17.1. The summed E-state index contributed by atoms with van der Waals surface area (Å²) < 4.78 is 0. The molecule has 0 radical (unpaired) electrons. The van der Waals surface area contributed by atoms with Crippen LogP contribution in [0, 0.1) is 0 Å². The van der Waals surface area contributed by atoms with Crippen LogP contribution in [0.1, 0.15) is 35.1 Å². The third kappa shape index (κ3) is 2.31. The number of hydrogen-bond acceptors (Lipinski definition) is 3. The van der Waals surface area contributed by atoms with Gasteiger partial charge in [-0.3, -0.25) is 0 Å². The van der Waals surface area contributed by atoms with Crippen LogP contribution < -0.4 is 5.32 Å². The maximum absolute atomic E-state index is 9.96. The van der Waals surface area contributed by atoms with Gasteiger partial charge in [0.1, 0.15) is 5.75 Å². The van der Waals surface area contributed by atoms with Crippen molar-refractivity contribution in [3.63, 3.8) is 0 Å². The Morgan fingerprint density at radius 2 is 1.91 bits per heavy atom. The predicted molar refractivity (Wildman–Crippen MR) is 88.2 cm³/mol. The number of phenolic OH excluding ortho intramolecular Hbond substituents is 1. The molecule has 3 unspecified atom stereocenters. The molecule has 3 heteroatoms. The molecule has 0 aromatic heterocycles. The number of rotatable bonds is 1. The Morgan fingerprint density at radius 1 is 1.09 bits per heavy atom. The van der Waals surface area contributed by atoms with Gasteiger partial charge in [-0.2, -0.15) is 0 Å². The van der Waals surface area contributed by atoms with E-state index in [1.165, 1.54) is 23.1 Å². The highest BCUT2D eigenvalue weighted by molar-refractivity contribution is 5.46. The Balaban J connectivity index is 1.81. The average Bonchev–Trinajstić information content (AvgIpc) is 2.55. The highest BCUT2D eigenvalue weighted by Crippen LogP contribution is 2.41. The summed E-state index contributed by atoms with van der Waals surface area (Å²) in [5, 5.41) is 13.8. The quantitative estimate of drug-likeness (QED) is 0.849. The second-order valence-corrected chi connectivity index (χ2v) is 6.59. The van der Waals surface area contributed by atoms with E-state index in [0.717, 1.165) is 13.1 Å². The molecule has 0 bridgehead atoms. The number of likely N-dealkylation sites (N-methyl/N-ethyl adjacent to an activating group) is 1. The third-order valence-corrected chi connectivity index (χ3v) is 5.11. The van der Waals surface area contributed by atoms with E-state index in [1.54, 1.807) is 0 Å². The number of nitrogens with one attached hydrogen (secondary N) is 1. The SMILES string of the molecule is CN1CCC2NC(c3ccccc3)c3cc(O)ccc3C2C1. The monoisotopic (exact) mass is 294 g/mol. The average molecular weight is 294 g/mol. The summed E-state index contributed by atoms with van der Waals surface area (Å²) in [7, 11) is 2.19. The van der Waals surface area contributed by atoms with Crippen LogP contribution in [0.25, 0.3) is 0 Å². The Morgan fingerprint density at radius 3 is 2.73 bits per heavy atom. The van der Waals surface area contributed by atoms with E-state index < -0.39 is 0 Å². The van der Waals surface area contributed by atoms with E-state index >= 15 is 0 Å². The van der Waals surface area contributed by atoms with Crippen molar-refractivity contribution >= 4 is 0 Å². The van der Waals surface area contributed by atoms with E-state index in [0.29, 0.717) is 17.7 Å². The van der Waals surface area contributed by atoms with Crippen molar-refractivity contribution in [2.75, 3.05) is 20.1 Å². The van der Waals surface area contributed by atoms with Crippen molar-refractivity contribution in [3.8, 4) is 5.75 Å². The van der Waals surface area contributed by atoms with Crippen LogP contribution in [0.2, 0.25) is 0 Å². The van der Waals surface area contributed by atoms with Crippen LogP contribution >= 0.6 is 0 Å². The van der Waals surface area contributed by atoms with Gasteiger partial charge in [-0.15, -0.1) is 0 Å².